The highest BCUT2D eigenvalue weighted by atomic mass is 16.1. The molecule has 17 heavy (non-hydrogen) atoms. The van der Waals surface area contributed by atoms with Gasteiger partial charge < -0.3 is 0 Å². The lowest BCUT2D eigenvalue weighted by Gasteiger charge is -2.09. The van der Waals surface area contributed by atoms with Crippen LogP contribution < -0.4 is 5.56 Å². The minimum absolute atomic E-state index is 0.0166. The number of aromatic nitrogens is 2. The van der Waals surface area contributed by atoms with Crippen LogP contribution >= 0.6 is 0 Å². The van der Waals surface area contributed by atoms with E-state index in [4.69, 9.17) is 0 Å². The van der Waals surface area contributed by atoms with Crippen molar-refractivity contribution in [3.05, 3.63) is 40.4 Å². The Hall–Kier alpha value is -1.97. The molecule has 84 valence electrons. The van der Waals surface area contributed by atoms with Crippen LogP contribution in [0.15, 0.2) is 34.1 Å². The zero-order chi connectivity index (χ0) is 11.4. The molecule has 0 fully saturated rings. The highest BCUT2D eigenvalue weighted by molar-refractivity contribution is 5.99. The first-order valence-corrected chi connectivity index (χ1v) is 5.91. The second kappa shape index (κ2) is 3.03. The first-order chi connectivity index (χ1) is 8.34. The summed E-state index contributed by atoms with van der Waals surface area (Å²) in [5.41, 5.74) is 2.01. The molecule has 0 aliphatic carbocycles. The van der Waals surface area contributed by atoms with Crippen molar-refractivity contribution in [1.82, 2.24) is 9.55 Å². The Morgan fingerprint density at radius 1 is 1.24 bits per heavy atom. The standard InChI is InChI=1S/C13H11N3O/c17-13-8-4-1-2-5-9(8)14-11-7-3-6-10-12(15-10)16(11)13/h1-2,4-5,12H,3,6-7H2. The van der Waals surface area contributed by atoms with Crippen molar-refractivity contribution in [2.75, 3.05) is 0 Å². The maximum absolute atomic E-state index is 12.4. The lowest BCUT2D eigenvalue weighted by molar-refractivity contribution is 0.653. The lowest BCUT2D eigenvalue weighted by atomic mass is 10.2. The van der Waals surface area contributed by atoms with Crippen LogP contribution in [0.25, 0.3) is 10.9 Å². The van der Waals surface area contributed by atoms with Gasteiger partial charge in [-0.25, -0.2) is 4.98 Å². The SMILES string of the molecule is O=c1c2ccccc2nc2n1C1N=C1CCC2. The van der Waals surface area contributed by atoms with Gasteiger partial charge in [-0.15, -0.1) is 0 Å². The lowest BCUT2D eigenvalue weighted by Crippen LogP contribution is -2.25. The van der Waals surface area contributed by atoms with E-state index in [0.717, 1.165) is 36.3 Å². The van der Waals surface area contributed by atoms with Crippen molar-refractivity contribution in [2.24, 2.45) is 4.99 Å². The molecule has 4 nitrogen and oxygen atoms in total. The Labute approximate surface area is 97.6 Å². The average Bonchev–Trinajstić information content (AvgIpc) is 3.08. The molecule has 1 atom stereocenters. The summed E-state index contributed by atoms with van der Waals surface area (Å²) in [4.78, 5) is 21.4. The fraction of sp³-hybridized carbons (Fsp3) is 0.308. The molecule has 3 heterocycles. The van der Waals surface area contributed by atoms with Crippen LogP contribution in [0.5, 0.6) is 0 Å². The zero-order valence-corrected chi connectivity index (χ0v) is 9.26. The van der Waals surface area contributed by atoms with Gasteiger partial charge in [0.05, 0.1) is 16.6 Å². The van der Waals surface area contributed by atoms with Crippen molar-refractivity contribution in [3.8, 4) is 0 Å². The second-order valence-electron chi connectivity index (χ2n) is 4.57. The topological polar surface area (TPSA) is 47.2 Å². The van der Waals surface area contributed by atoms with E-state index in [-0.39, 0.29) is 11.7 Å². The Morgan fingerprint density at radius 3 is 3.06 bits per heavy atom. The van der Waals surface area contributed by atoms with Crippen LogP contribution in [0.4, 0.5) is 0 Å². The fourth-order valence-electron chi connectivity index (χ4n) is 2.57. The zero-order valence-electron chi connectivity index (χ0n) is 9.26. The molecule has 2 aromatic rings. The molecule has 0 bridgehead atoms. The van der Waals surface area contributed by atoms with Crippen molar-refractivity contribution >= 4 is 16.6 Å². The van der Waals surface area contributed by atoms with Crippen molar-refractivity contribution in [2.45, 2.75) is 25.4 Å². The number of hydrogen-bond donors (Lipinski definition) is 0. The van der Waals surface area contributed by atoms with E-state index in [1.54, 1.807) is 4.57 Å². The van der Waals surface area contributed by atoms with E-state index in [0.29, 0.717) is 5.39 Å². The number of fused-ring (bicyclic) bond motifs is 4. The van der Waals surface area contributed by atoms with E-state index in [2.05, 4.69) is 9.98 Å². The Kier molecular flexibility index (Phi) is 1.62. The van der Waals surface area contributed by atoms with Gasteiger partial charge in [-0.05, 0) is 25.0 Å². The maximum atomic E-state index is 12.4. The number of benzene rings is 1. The Balaban J connectivity index is 2.08. The van der Waals surface area contributed by atoms with E-state index < -0.39 is 0 Å². The van der Waals surface area contributed by atoms with Gasteiger partial charge in [-0.1, -0.05) is 12.1 Å². The molecule has 0 N–H and O–H groups in total. The van der Waals surface area contributed by atoms with Crippen LogP contribution in [0.2, 0.25) is 0 Å². The molecule has 1 aromatic heterocycles. The van der Waals surface area contributed by atoms with E-state index in [1.165, 1.54) is 0 Å². The fourth-order valence-corrected chi connectivity index (χ4v) is 2.57. The summed E-state index contributed by atoms with van der Waals surface area (Å²) in [6.45, 7) is 0. The highest BCUT2D eigenvalue weighted by Gasteiger charge is 2.34. The van der Waals surface area contributed by atoms with Gasteiger partial charge in [-0.2, -0.15) is 0 Å². The summed E-state index contributed by atoms with van der Waals surface area (Å²) in [7, 11) is 0. The molecule has 4 heteroatoms. The summed E-state index contributed by atoms with van der Waals surface area (Å²) in [5, 5.41) is 0.694. The van der Waals surface area contributed by atoms with Gasteiger partial charge in [0.2, 0.25) is 0 Å². The van der Waals surface area contributed by atoms with E-state index in [9.17, 15) is 4.79 Å². The summed E-state index contributed by atoms with van der Waals surface area (Å²) < 4.78 is 1.77. The molecular formula is C13H11N3O. The number of nitrogens with zero attached hydrogens (tertiary/aromatic N) is 3. The van der Waals surface area contributed by atoms with Crippen LogP contribution in [0, 0.1) is 0 Å². The number of rotatable bonds is 0. The molecule has 2 aliphatic rings. The first kappa shape index (κ1) is 9.10. The predicted octanol–water partition coefficient (Wildman–Crippen LogP) is 1.69. The van der Waals surface area contributed by atoms with Gasteiger partial charge in [0, 0.05) is 6.42 Å². The van der Waals surface area contributed by atoms with Gasteiger partial charge >= 0.3 is 0 Å². The minimum atomic E-state index is -0.0166. The molecule has 1 unspecified atom stereocenters. The largest absolute Gasteiger partial charge is 0.268 e. The molecule has 2 aliphatic heterocycles. The number of aryl methyl sites for hydroxylation is 1. The minimum Gasteiger partial charge on any atom is -0.268 e. The third-order valence-corrected chi connectivity index (χ3v) is 3.48. The first-order valence-electron chi connectivity index (χ1n) is 5.91. The smallest absolute Gasteiger partial charge is 0.263 e. The average molecular weight is 225 g/mol. The van der Waals surface area contributed by atoms with Crippen LogP contribution in [0.3, 0.4) is 0 Å². The summed E-state index contributed by atoms with van der Waals surface area (Å²) in [5.74, 6) is 0.884. The normalized spacial score (nSPS) is 21.4. The Bertz CT molecular complexity index is 714. The number of para-hydroxylation sites is 1. The monoisotopic (exact) mass is 225 g/mol. The predicted molar refractivity (Wildman–Crippen MR) is 65.4 cm³/mol. The maximum Gasteiger partial charge on any atom is 0.263 e. The van der Waals surface area contributed by atoms with Crippen LogP contribution in [0.1, 0.15) is 24.8 Å². The summed E-state index contributed by atoms with van der Waals surface area (Å²) in [6.07, 6.45) is 2.90. The molecule has 4 rings (SSSR count). The summed E-state index contributed by atoms with van der Waals surface area (Å²) in [6, 6.07) is 7.54. The number of aliphatic imine (C=N–C) groups is 1. The van der Waals surface area contributed by atoms with Gasteiger partial charge in [0.1, 0.15) is 5.82 Å². The third kappa shape index (κ3) is 1.21. The quantitative estimate of drug-likeness (QED) is 0.685. The second-order valence-corrected chi connectivity index (χ2v) is 4.57. The van der Waals surface area contributed by atoms with Gasteiger partial charge in [0.25, 0.3) is 5.56 Å². The van der Waals surface area contributed by atoms with Crippen LogP contribution in [-0.4, -0.2) is 15.3 Å². The highest BCUT2D eigenvalue weighted by Crippen LogP contribution is 2.31. The summed E-state index contributed by atoms with van der Waals surface area (Å²) >= 11 is 0. The van der Waals surface area contributed by atoms with Crippen molar-refractivity contribution in [1.29, 1.82) is 0 Å². The van der Waals surface area contributed by atoms with E-state index >= 15 is 0 Å². The molecule has 0 spiro atoms. The Morgan fingerprint density at radius 2 is 2.12 bits per heavy atom. The van der Waals surface area contributed by atoms with Crippen molar-refractivity contribution < 1.29 is 0 Å². The van der Waals surface area contributed by atoms with Crippen LogP contribution in [-0.2, 0) is 6.42 Å². The van der Waals surface area contributed by atoms with E-state index in [1.807, 2.05) is 24.3 Å². The molecule has 1 aromatic carbocycles. The molecule has 0 saturated heterocycles. The van der Waals surface area contributed by atoms with Crippen molar-refractivity contribution in [3.63, 3.8) is 0 Å². The molecular weight excluding hydrogens is 214 g/mol. The van der Waals surface area contributed by atoms with Gasteiger partial charge in [-0.3, -0.25) is 14.4 Å². The molecule has 0 saturated carbocycles. The number of hydrogen-bond acceptors (Lipinski definition) is 3. The van der Waals surface area contributed by atoms with Gasteiger partial charge in [0.15, 0.2) is 6.17 Å². The molecule has 0 amide bonds. The third-order valence-electron chi connectivity index (χ3n) is 3.48. The molecule has 0 radical (unpaired) electrons.